The summed E-state index contributed by atoms with van der Waals surface area (Å²) in [4.78, 5) is 296. The SMILES string of the molecule is CC[C@H](C)[C@H](NC(=O)[C@H](CCC(=O)O)NC(=O)[C@H](C)NC(=O)[C@H](Cc1c[nH]cn1)NC(=O)CNC(=O)[C@H](C)NC(=O)[C@H](Cc1c[nH]cn1)NC(=O)[C@@H](NC(=O)[C@H](C)NC(=O)[C@H](CCC(N)=O)NC(=O)c1ccc2c(c1)C1(OC2=O)c2ccc(O)cc2Oc2cc(O)ccc21)C(C)C)C(=O)N[C@@H](CC(N)=O)C(=O)N[C@@H](CCC(=O)O)C(=O)N[C@@H](C)C(=O)NCC(=O)N[C@@H](CCCNC(=N)N)C(=O)O. The number of guanidine groups is 1. The van der Waals surface area contributed by atoms with Gasteiger partial charge in [-0.05, 0) is 114 Å². The number of fused-ring (bicyclic) bond motifs is 6. The van der Waals surface area contributed by atoms with Crippen LogP contribution in [0.15, 0.2) is 79.6 Å². The number of phenols is 2. The third-order valence-electron chi connectivity index (χ3n) is 21.7. The van der Waals surface area contributed by atoms with E-state index < -0.39 is 278 Å². The van der Waals surface area contributed by atoms with E-state index in [4.69, 9.17) is 32.1 Å². The molecule has 2 aromatic heterocycles. The Labute approximate surface area is 780 Å². The summed E-state index contributed by atoms with van der Waals surface area (Å²) < 4.78 is 12.1. The number of carbonyl (C=O) groups is 21. The van der Waals surface area contributed by atoms with Gasteiger partial charge in [-0.2, -0.15) is 0 Å². The van der Waals surface area contributed by atoms with Crippen LogP contribution in [-0.2, 0) is 114 Å². The number of aromatic hydroxyl groups is 2. The molecule has 2 aliphatic rings. The number of rotatable bonds is 53. The van der Waals surface area contributed by atoms with Crippen molar-refractivity contribution < 1.29 is 136 Å². The van der Waals surface area contributed by atoms with Crippen molar-refractivity contribution in [1.29, 1.82) is 5.41 Å². The van der Waals surface area contributed by atoms with E-state index in [2.05, 4.69) is 105 Å². The number of carboxylic acid groups (broad SMARTS) is 3. The summed E-state index contributed by atoms with van der Waals surface area (Å²) in [6.45, 7) is 9.25. The maximum Gasteiger partial charge on any atom is 0.340 e. The van der Waals surface area contributed by atoms with Crippen LogP contribution >= 0.6 is 0 Å². The minimum absolute atomic E-state index is 0.0288. The highest BCUT2D eigenvalue weighted by Gasteiger charge is 2.54. The highest BCUT2D eigenvalue weighted by molar-refractivity contribution is 6.04. The summed E-state index contributed by atoms with van der Waals surface area (Å²) >= 11 is 0. The van der Waals surface area contributed by atoms with Gasteiger partial charge in [-0.1, -0.05) is 34.1 Å². The summed E-state index contributed by atoms with van der Waals surface area (Å²) in [7, 11) is 0. The van der Waals surface area contributed by atoms with Crippen LogP contribution in [-0.4, -0.2) is 274 Å². The van der Waals surface area contributed by atoms with E-state index in [1.54, 1.807) is 20.8 Å². The third-order valence-corrected chi connectivity index (χ3v) is 21.7. The average molecular weight is 1920 g/mol. The number of benzene rings is 3. The number of nitrogens with one attached hydrogen (secondary N) is 19. The van der Waals surface area contributed by atoms with Crippen molar-refractivity contribution in [3.63, 3.8) is 0 Å². The number of hydrogen-bond acceptors (Lipinski definition) is 28. The van der Waals surface area contributed by atoms with Gasteiger partial charge < -0.3 is 147 Å². The quantitative estimate of drug-likeness (QED) is 0.00745. The highest BCUT2D eigenvalue weighted by Crippen LogP contribution is 2.57. The molecule has 5 aromatic rings. The molecular formula is C85H112N24O28. The second-order valence-electron chi connectivity index (χ2n) is 32.7. The Morgan fingerprint density at radius 1 is 0.445 bits per heavy atom. The minimum Gasteiger partial charge on any atom is -0.508 e. The van der Waals surface area contributed by atoms with Crippen molar-refractivity contribution in [2.45, 2.75) is 217 Å². The molecule has 2 aliphatic heterocycles. The lowest BCUT2D eigenvalue weighted by Crippen LogP contribution is -2.61. The Bertz CT molecular complexity index is 5310. The molecule has 4 heterocycles. The first-order chi connectivity index (χ1) is 64.6. The number of carboxylic acids is 3. The second-order valence-corrected chi connectivity index (χ2v) is 32.7. The molecular weight excluding hydrogens is 1810 g/mol. The van der Waals surface area contributed by atoms with E-state index in [0.717, 1.165) is 13.8 Å². The highest BCUT2D eigenvalue weighted by atomic mass is 16.6. The third kappa shape index (κ3) is 31.4. The smallest absolute Gasteiger partial charge is 0.340 e. The van der Waals surface area contributed by atoms with Crippen LogP contribution in [0.5, 0.6) is 23.0 Å². The average Bonchev–Trinajstić information content (AvgIpc) is 1.55. The lowest BCUT2D eigenvalue weighted by atomic mass is 9.77. The molecule has 1 spiro atoms. The van der Waals surface area contributed by atoms with Gasteiger partial charge >= 0.3 is 23.9 Å². The molecule has 52 heteroatoms. The van der Waals surface area contributed by atoms with Gasteiger partial charge in [0.1, 0.15) is 102 Å². The summed E-state index contributed by atoms with van der Waals surface area (Å²) in [5.74, 6) is -25.5. The van der Waals surface area contributed by atoms with Crippen LogP contribution in [0, 0.1) is 17.2 Å². The number of H-pyrrole nitrogens is 2. The van der Waals surface area contributed by atoms with Crippen LogP contribution in [0.3, 0.4) is 0 Å². The van der Waals surface area contributed by atoms with Crippen LogP contribution in [0.25, 0.3) is 0 Å². The summed E-state index contributed by atoms with van der Waals surface area (Å²) in [6.07, 6.45) is -0.0581. The normalized spacial score (nSPS) is 15.0. The molecule has 0 aliphatic carbocycles. The van der Waals surface area contributed by atoms with E-state index in [1.807, 2.05) is 0 Å². The number of carbonyl (C=O) groups excluding carboxylic acids is 18. The minimum atomic E-state index is -1.99. The Morgan fingerprint density at radius 2 is 0.869 bits per heavy atom. The molecule has 0 fully saturated rings. The van der Waals surface area contributed by atoms with Gasteiger partial charge in [-0.3, -0.25) is 96.5 Å². The Hall–Kier alpha value is -16.4. The summed E-state index contributed by atoms with van der Waals surface area (Å²) in [6, 6.07) is -9.03. The second kappa shape index (κ2) is 49.9. The first-order valence-electron chi connectivity index (χ1n) is 43.1. The van der Waals surface area contributed by atoms with E-state index in [-0.39, 0.29) is 107 Å². The van der Waals surface area contributed by atoms with E-state index in [9.17, 15) is 126 Å². The number of aromatic nitrogens is 4. The molecule has 0 unspecified atom stereocenters. The number of aromatic amines is 2. The first-order valence-corrected chi connectivity index (χ1v) is 43.1. The largest absolute Gasteiger partial charge is 0.508 e. The Morgan fingerprint density at radius 3 is 1.33 bits per heavy atom. The predicted molar refractivity (Wildman–Crippen MR) is 473 cm³/mol. The number of hydrogen-bond donors (Lipinski definition) is 27. The number of imidazole rings is 2. The molecule has 0 bridgehead atoms. The van der Waals surface area contributed by atoms with Crippen molar-refractivity contribution in [3.05, 3.63) is 119 Å². The fraction of sp³-hybridized carbons (Fsp3) is 0.459. The van der Waals surface area contributed by atoms with Crippen LogP contribution in [0.2, 0.25) is 0 Å². The molecule has 740 valence electrons. The van der Waals surface area contributed by atoms with Crippen LogP contribution in [0.4, 0.5) is 0 Å². The molecule has 14 atom stereocenters. The predicted octanol–water partition coefficient (Wildman–Crippen LogP) is -6.25. The number of nitrogens with two attached hydrogens (primary N) is 3. The van der Waals surface area contributed by atoms with E-state index in [1.165, 1.54) is 100 Å². The molecule has 3 aromatic carbocycles. The van der Waals surface area contributed by atoms with Crippen molar-refractivity contribution in [1.82, 2.24) is 105 Å². The summed E-state index contributed by atoms with van der Waals surface area (Å²) in [5.41, 5.74) is 15.3. The lowest BCUT2D eigenvalue weighted by Gasteiger charge is -2.36. The molecule has 7 rings (SSSR count). The van der Waals surface area contributed by atoms with Gasteiger partial charge in [-0.25, -0.2) is 19.6 Å². The fourth-order valence-corrected chi connectivity index (χ4v) is 14.1. The Kier molecular flexibility index (Phi) is 39.2. The van der Waals surface area contributed by atoms with Crippen LogP contribution in [0.1, 0.15) is 168 Å². The van der Waals surface area contributed by atoms with Gasteiger partial charge in [0.25, 0.3) is 5.91 Å². The number of primary amides is 2. The number of amides is 17. The zero-order valence-corrected chi connectivity index (χ0v) is 75.5. The van der Waals surface area contributed by atoms with Crippen molar-refractivity contribution in [2.24, 2.45) is 29.0 Å². The number of esters is 1. The standard InChI is InChI=1S/C85H112N24O28/c1-9-38(4)68(81(132)107-58(30-62(87)113)79(130)105-53(19-22-65(116)117)75(126)97-39(5)69(120)93-33-63(114)101-55(82(133)134)11-10-24-92-84(88)89)109-76(127)54(20-23-66(118)119)103-71(122)41(7)100-77(128)56(26-44-31-90-35-95-44)102-64(115)34-94-70(121)40(6)98-78(129)57(27-45-32-91-36-96-45)106-80(131)67(37(2)3)108-72(123)42(8)99-74(125)52(18-21-61(86)112)104-73(124)43-12-15-48-51(25-43)85(137-83(48)135)49-16-13-46(110)28-59(49)136-60-29-47(111)14-17-50(60)85/h12-17,25,28-29,31-32,35-42,52-58,67-68,110-111H,9-11,18-24,26-27,30,33-34H2,1-8H3,(H2,86,112)(H2,87,113)(H,90,95)(H,91,96)(H,93,120)(H,94,121)(H,97,126)(H,98,129)(H,99,125)(H,100,128)(H,101,114)(H,102,115)(H,103,122)(H,104,124)(H,105,130)(H,106,131)(H,107,132)(H,108,123)(H,109,127)(H,116,117)(H,118,119)(H,133,134)(H4,88,89,92)/t38-,39-,40-,41-,42-,52-,53-,54-,55-,56-,57-,58-,67-,68-/m0/s1. The number of aliphatic carboxylic acids is 3. The monoisotopic (exact) mass is 1920 g/mol. The topological polar surface area (TPSA) is 830 Å². The molecule has 17 amide bonds. The molecule has 137 heavy (non-hydrogen) atoms. The number of nitrogens with zero attached hydrogens (tertiary/aromatic N) is 2. The van der Waals surface area contributed by atoms with E-state index >= 15 is 0 Å². The summed E-state index contributed by atoms with van der Waals surface area (Å²) in [5, 5.41) is 94.8. The molecule has 52 nitrogen and oxygen atoms in total. The van der Waals surface area contributed by atoms with Gasteiger partial charge in [0.2, 0.25) is 94.5 Å². The maximum absolute atomic E-state index is 14.3. The van der Waals surface area contributed by atoms with Crippen LogP contribution < -0.4 is 107 Å². The van der Waals surface area contributed by atoms with E-state index in [0.29, 0.717) is 0 Å². The molecule has 0 saturated heterocycles. The van der Waals surface area contributed by atoms with Gasteiger partial charge in [-0.15, -0.1) is 0 Å². The molecule has 30 N–H and O–H groups in total. The van der Waals surface area contributed by atoms with Crippen molar-refractivity contribution in [3.8, 4) is 23.0 Å². The Balaban J connectivity index is 0.945. The fourth-order valence-electron chi connectivity index (χ4n) is 14.1. The van der Waals surface area contributed by atoms with Gasteiger partial charge in [0, 0.05) is 85.4 Å². The number of ether oxygens (including phenoxy) is 2. The zero-order valence-electron chi connectivity index (χ0n) is 75.5. The number of phenolic OH excluding ortho intramolecular Hbond substituents is 2. The maximum atomic E-state index is 14.3. The lowest BCUT2D eigenvalue weighted by molar-refractivity contribution is -0.142. The van der Waals surface area contributed by atoms with Gasteiger partial charge in [0.05, 0.1) is 49.1 Å². The molecule has 0 radical (unpaired) electrons. The zero-order chi connectivity index (χ0) is 102. The first kappa shape index (κ1) is 108. The van der Waals surface area contributed by atoms with Gasteiger partial charge in [0.15, 0.2) is 11.6 Å². The van der Waals surface area contributed by atoms with Crippen molar-refractivity contribution >= 4 is 130 Å². The molecule has 0 saturated carbocycles. The van der Waals surface area contributed by atoms with Crippen molar-refractivity contribution in [2.75, 3.05) is 19.6 Å².